The highest BCUT2D eigenvalue weighted by Gasteiger charge is 2.64. The van der Waals surface area contributed by atoms with Crippen LogP contribution >= 0.6 is 11.6 Å². The first-order valence-corrected chi connectivity index (χ1v) is 18.8. The average molecular weight is 750 g/mol. The maximum Gasteiger partial charge on any atom is 0.405 e. The predicted octanol–water partition coefficient (Wildman–Crippen LogP) is 3.67. The molecule has 0 bridgehead atoms. The lowest BCUT2D eigenvalue weighted by Gasteiger charge is -2.32. The number of benzene rings is 1. The number of aromatic nitrogens is 1. The molecule has 7 atom stereocenters. The molecule has 2 saturated carbocycles. The summed E-state index contributed by atoms with van der Waals surface area (Å²) in [5.41, 5.74) is -1.72. The summed E-state index contributed by atoms with van der Waals surface area (Å²) in [7, 11) is -3.19. The fourth-order valence-electron chi connectivity index (χ4n) is 7.18. The molecule has 3 fully saturated rings. The standard InChI is InChI=1S/C34H41ClFN5O9S/c1-18-6-4-5-7-21-16-34(21,31(44)40-51(47,48)33(36)9-10-33)39-28(42)25-14-22(17-41(25)30(43)27(19(2)12-18)38-32(45)46)50-29-23-15-24(35)26(49-3)13-20(23)8-11-37-29/h5,7-8,11,13,15,18-19,21-22,25,27,38H,4,6,9-10,12,14,16-17H2,1-3H3,(H,39,42)(H,40,44)(H,45,46)/t18-,19+,21+,22+,25-,27-,34+/m0/s1. The van der Waals surface area contributed by atoms with E-state index in [1.54, 1.807) is 31.2 Å². The molecular formula is C34H41ClFN5O9S. The van der Waals surface area contributed by atoms with Crippen molar-refractivity contribution in [2.45, 2.75) is 87.5 Å². The van der Waals surface area contributed by atoms with Crippen LogP contribution in [-0.4, -0.2) is 89.6 Å². The van der Waals surface area contributed by atoms with Crippen molar-refractivity contribution in [1.29, 1.82) is 0 Å². The summed E-state index contributed by atoms with van der Waals surface area (Å²) in [5, 5.41) is 13.8. The Bertz CT molecular complexity index is 1890. The van der Waals surface area contributed by atoms with Gasteiger partial charge in [0.25, 0.3) is 15.9 Å². The minimum atomic E-state index is -4.67. The Labute approximate surface area is 299 Å². The van der Waals surface area contributed by atoms with Crippen LogP contribution in [0.1, 0.15) is 58.8 Å². The second kappa shape index (κ2) is 13.7. The number of allylic oxidation sites excluding steroid dienone is 1. The highest BCUT2D eigenvalue weighted by molar-refractivity contribution is 7.91. The highest BCUT2D eigenvalue weighted by atomic mass is 35.5. The van der Waals surface area contributed by atoms with Gasteiger partial charge in [-0.05, 0) is 61.1 Å². The van der Waals surface area contributed by atoms with E-state index in [4.69, 9.17) is 21.1 Å². The minimum absolute atomic E-state index is 0.0520. The second-order valence-electron chi connectivity index (χ2n) is 14.1. The van der Waals surface area contributed by atoms with E-state index < -0.39 is 74.4 Å². The number of nitrogens with zero attached hydrogens (tertiary/aromatic N) is 2. The topological polar surface area (TPSA) is 193 Å². The molecule has 3 heterocycles. The molecule has 1 aromatic heterocycles. The summed E-state index contributed by atoms with van der Waals surface area (Å²) in [4.78, 5) is 59.7. The van der Waals surface area contributed by atoms with Gasteiger partial charge in [0.2, 0.25) is 22.7 Å². The van der Waals surface area contributed by atoms with E-state index in [0.29, 0.717) is 40.8 Å². The second-order valence-corrected chi connectivity index (χ2v) is 16.5. The fraction of sp³-hybridized carbons (Fsp3) is 0.559. The van der Waals surface area contributed by atoms with Gasteiger partial charge < -0.3 is 30.1 Å². The number of halogens is 2. The van der Waals surface area contributed by atoms with E-state index in [0.717, 1.165) is 0 Å². The smallest absolute Gasteiger partial charge is 0.405 e. The van der Waals surface area contributed by atoms with Crippen LogP contribution in [0.15, 0.2) is 36.5 Å². The zero-order valence-corrected chi connectivity index (χ0v) is 29.9. The molecule has 1 saturated heterocycles. The number of carbonyl (C=O) groups excluding carboxylic acids is 3. The van der Waals surface area contributed by atoms with Crippen LogP contribution in [0.2, 0.25) is 5.02 Å². The molecule has 0 unspecified atom stereocenters. The van der Waals surface area contributed by atoms with E-state index in [1.807, 2.05) is 17.7 Å². The number of hydrogen-bond donors (Lipinski definition) is 4. The van der Waals surface area contributed by atoms with Gasteiger partial charge in [-0.2, -0.15) is 0 Å². The van der Waals surface area contributed by atoms with E-state index in [2.05, 4.69) is 15.6 Å². The number of nitrogens with one attached hydrogen (secondary N) is 3. The van der Waals surface area contributed by atoms with Crippen LogP contribution in [0.25, 0.3) is 10.8 Å². The van der Waals surface area contributed by atoms with E-state index in [9.17, 15) is 37.1 Å². The molecule has 2 aromatic rings. The maximum absolute atomic E-state index is 14.7. The molecule has 6 rings (SSSR count). The van der Waals surface area contributed by atoms with E-state index in [-0.39, 0.29) is 44.0 Å². The lowest BCUT2D eigenvalue weighted by atomic mass is 9.88. The van der Waals surface area contributed by atoms with Crippen LogP contribution in [0.3, 0.4) is 0 Å². The third kappa shape index (κ3) is 7.30. The molecule has 4 N–H and O–H groups in total. The van der Waals surface area contributed by atoms with Gasteiger partial charge >= 0.3 is 6.09 Å². The molecule has 4 amide bonds. The maximum atomic E-state index is 14.7. The number of pyridine rings is 1. The quantitative estimate of drug-likeness (QED) is 0.304. The van der Waals surface area contributed by atoms with Crippen molar-refractivity contribution in [3.8, 4) is 11.6 Å². The van der Waals surface area contributed by atoms with Crippen molar-refractivity contribution >= 4 is 56.2 Å². The highest BCUT2D eigenvalue weighted by Crippen LogP contribution is 2.48. The van der Waals surface area contributed by atoms with Crippen LogP contribution in [0, 0.1) is 17.8 Å². The SMILES string of the molecule is COc1cc2ccnc(O[C@@H]3C[C@H]4C(=O)N[C@]5(C(=O)NS(=O)(=O)C6(F)CC6)C[C@H]5C=CCC[C@H](C)C[C@@H](C)[C@H](NC(=O)O)C(=O)N4C3)c2cc1Cl. The number of carbonyl (C=O) groups is 4. The largest absolute Gasteiger partial charge is 0.495 e. The van der Waals surface area contributed by atoms with Crippen molar-refractivity contribution in [2.75, 3.05) is 13.7 Å². The van der Waals surface area contributed by atoms with Crippen LogP contribution in [0.5, 0.6) is 11.6 Å². The van der Waals surface area contributed by atoms with Gasteiger partial charge in [0.15, 0.2) is 0 Å². The van der Waals surface area contributed by atoms with Crippen molar-refractivity contribution in [2.24, 2.45) is 17.8 Å². The Morgan fingerprint density at radius 1 is 1.20 bits per heavy atom. The number of carboxylic acid groups (broad SMARTS) is 1. The normalized spacial score (nSPS) is 30.6. The molecule has 276 valence electrons. The summed E-state index contributed by atoms with van der Waals surface area (Å²) in [5.74, 6) is -2.86. The predicted molar refractivity (Wildman–Crippen MR) is 183 cm³/mol. The number of sulfonamides is 1. The zero-order valence-electron chi connectivity index (χ0n) is 28.4. The first-order valence-electron chi connectivity index (χ1n) is 16.9. The number of ether oxygens (including phenoxy) is 2. The Morgan fingerprint density at radius 3 is 2.63 bits per heavy atom. The zero-order chi connectivity index (χ0) is 36.9. The summed E-state index contributed by atoms with van der Waals surface area (Å²) in [6, 6.07) is 2.61. The monoisotopic (exact) mass is 749 g/mol. The van der Waals surface area contributed by atoms with Crippen LogP contribution < -0.4 is 24.8 Å². The van der Waals surface area contributed by atoms with E-state index in [1.165, 1.54) is 18.2 Å². The van der Waals surface area contributed by atoms with Gasteiger partial charge in [0.05, 0.1) is 18.7 Å². The third-order valence-electron chi connectivity index (χ3n) is 10.3. The van der Waals surface area contributed by atoms with Gasteiger partial charge in [-0.3, -0.25) is 14.4 Å². The first-order chi connectivity index (χ1) is 24.1. The minimum Gasteiger partial charge on any atom is -0.495 e. The van der Waals surface area contributed by atoms with Crippen LogP contribution in [-0.2, 0) is 24.4 Å². The van der Waals surface area contributed by atoms with Crippen molar-refractivity contribution in [3.05, 3.63) is 41.6 Å². The molecule has 4 aliphatic rings. The van der Waals surface area contributed by atoms with Gasteiger partial charge in [0, 0.05) is 36.8 Å². The number of rotatable bonds is 7. The molecule has 1 aromatic carbocycles. The molecule has 0 radical (unpaired) electrons. The van der Waals surface area contributed by atoms with Crippen LogP contribution in [0.4, 0.5) is 9.18 Å². The summed E-state index contributed by atoms with van der Waals surface area (Å²) in [6.45, 7) is 3.62. The molecule has 51 heavy (non-hydrogen) atoms. The van der Waals surface area contributed by atoms with Gasteiger partial charge in [-0.15, -0.1) is 0 Å². The Morgan fingerprint density at radius 2 is 1.94 bits per heavy atom. The number of alkyl halides is 1. The van der Waals surface area contributed by atoms with Crippen molar-refractivity contribution in [1.82, 2.24) is 25.2 Å². The van der Waals surface area contributed by atoms with Crippen molar-refractivity contribution < 1.29 is 46.6 Å². The molecule has 14 nitrogen and oxygen atoms in total. The van der Waals surface area contributed by atoms with Gasteiger partial charge in [-0.25, -0.2) is 27.3 Å². The Hall–Kier alpha value is -4.18. The van der Waals surface area contributed by atoms with Crippen molar-refractivity contribution in [3.63, 3.8) is 0 Å². The fourth-order valence-corrected chi connectivity index (χ4v) is 8.67. The Balaban J connectivity index is 1.34. The molecular weight excluding hydrogens is 709 g/mol. The average Bonchev–Trinajstić information content (AvgIpc) is 3.95. The Kier molecular flexibility index (Phi) is 9.87. The molecule has 2 aliphatic carbocycles. The summed E-state index contributed by atoms with van der Waals surface area (Å²) in [6.07, 6.45) is 4.14. The summed E-state index contributed by atoms with van der Waals surface area (Å²) >= 11 is 6.40. The summed E-state index contributed by atoms with van der Waals surface area (Å²) < 4.78 is 53.6. The third-order valence-corrected chi connectivity index (χ3v) is 12.4. The molecule has 2 aliphatic heterocycles. The van der Waals surface area contributed by atoms with E-state index >= 15 is 0 Å². The first kappa shape index (κ1) is 36.6. The number of fused-ring (bicyclic) bond motifs is 3. The van der Waals surface area contributed by atoms with Gasteiger partial charge in [0.1, 0.15) is 29.5 Å². The number of amides is 4. The lowest BCUT2D eigenvalue weighted by molar-refractivity contribution is -0.142. The molecule has 0 spiro atoms. The van der Waals surface area contributed by atoms with Gasteiger partial charge in [-0.1, -0.05) is 37.6 Å². The lowest BCUT2D eigenvalue weighted by Crippen LogP contribution is -2.59. The number of methoxy groups -OCH3 is 1. The molecule has 17 heteroatoms. The number of hydrogen-bond acceptors (Lipinski definition) is 9.